The minimum atomic E-state index is -0.696. The normalized spacial score (nSPS) is 13.6. The molecule has 10 heteroatoms. The molecule has 0 atom stereocenters. The van der Waals surface area contributed by atoms with Gasteiger partial charge < -0.3 is 25.5 Å². The molecule has 0 unspecified atom stereocenters. The lowest BCUT2D eigenvalue weighted by atomic mass is 9.90. The van der Waals surface area contributed by atoms with Crippen molar-refractivity contribution in [3.05, 3.63) is 104 Å². The summed E-state index contributed by atoms with van der Waals surface area (Å²) in [6, 6.07) is 14.5. The maximum atomic E-state index is 15.4. The van der Waals surface area contributed by atoms with E-state index in [1.807, 2.05) is 44.2 Å². The Hall–Kier alpha value is -4.54. The summed E-state index contributed by atoms with van der Waals surface area (Å²) in [7, 11) is 2.80. The minimum absolute atomic E-state index is 0.182. The van der Waals surface area contributed by atoms with Gasteiger partial charge in [0.2, 0.25) is 0 Å². The first-order chi connectivity index (χ1) is 20.0. The standard InChI is InChI=1S/C32H33FN4O5/c1-18-21(20-13-26(33)24(28(14-20)42-4)15-34-17-32(41)11-12-32)7-5-8-22(18)23-9-6-10-27(19(23)2)36-29(38)25-16-35-31(40)37(3)30(25)39/h5-10,13-14,16,34,41H,11-12,15,17H2,1-4H3,(H,35,40)(H,36,38). The lowest BCUT2D eigenvalue weighted by Gasteiger charge is -2.18. The molecule has 1 fully saturated rings. The molecule has 0 aliphatic heterocycles. The number of methoxy groups -OCH3 is 1. The number of amides is 1. The van der Waals surface area contributed by atoms with Crippen LogP contribution in [-0.2, 0) is 13.6 Å². The molecule has 0 radical (unpaired) electrons. The molecule has 1 amide bonds. The molecule has 4 N–H and O–H groups in total. The van der Waals surface area contributed by atoms with Crippen LogP contribution in [0.2, 0.25) is 0 Å². The molecule has 1 aromatic heterocycles. The third kappa shape index (κ3) is 5.63. The van der Waals surface area contributed by atoms with E-state index in [2.05, 4.69) is 15.6 Å². The monoisotopic (exact) mass is 572 g/mol. The molecule has 218 valence electrons. The Kier molecular flexibility index (Phi) is 7.85. The smallest absolute Gasteiger partial charge is 0.328 e. The first kappa shape index (κ1) is 29.0. The van der Waals surface area contributed by atoms with Crippen molar-refractivity contribution in [1.82, 2.24) is 14.9 Å². The third-order valence-corrected chi connectivity index (χ3v) is 7.90. The van der Waals surface area contributed by atoms with Crippen LogP contribution in [0.3, 0.4) is 0 Å². The first-order valence-electron chi connectivity index (χ1n) is 13.6. The maximum absolute atomic E-state index is 15.4. The van der Waals surface area contributed by atoms with E-state index in [1.54, 1.807) is 12.1 Å². The molecule has 3 aromatic carbocycles. The van der Waals surface area contributed by atoms with Gasteiger partial charge in [-0.15, -0.1) is 0 Å². The van der Waals surface area contributed by atoms with Crippen LogP contribution in [0.5, 0.6) is 5.75 Å². The molecule has 0 saturated heterocycles. The van der Waals surface area contributed by atoms with Gasteiger partial charge in [-0.1, -0.05) is 30.3 Å². The van der Waals surface area contributed by atoms with Crippen LogP contribution in [0.4, 0.5) is 10.1 Å². The number of aromatic amines is 1. The SMILES string of the molecule is COc1cc(-c2cccc(-c3cccc(NC(=O)c4c[nH]c(=O)n(C)c4=O)c3C)c2C)cc(F)c1CNCC1(O)CC1. The topological polar surface area (TPSA) is 125 Å². The van der Waals surface area contributed by atoms with Gasteiger partial charge in [0.15, 0.2) is 0 Å². The first-order valence-corrected chi connectivity index (χ1v) is 13.6. The molecule has 1 saturated carbocycles. The molecule has 42 heavy (non-hydrogen) atoms. The van der Waals surface area contributed by atoms with Crippen molar-refractivity contribution in [2.24, 2.45) is 7.05 Å². The van der Waals surface area contributed by atoms with E-state index in [1.165, 1.54) is 20.2 Å². The van der Waals surface area contributed by atoms with E-state index in [9.17, 15) is 19.5 Å². The highest BCUT2D eigenvalue weighted by Crippen LogP contribution is 2.38. The van der Waals surface area contributed by atoms with Crippen molar-refractivity contribution >= 4 is 11.6 Å². The van der Waals surface area contributed by atoms with E-state index in [4.69, 9.17) is 4.74 Å². The second-order valence-corrected chi connectivity index (χ2v) is 10.7. The number of nitrogens with zero attached hydrogens (tertiary/aromatic N) is 1. The van der Waals surface area contributed by atoms with Crippen molar-refractivity contribution in [2.75, 3.05) is 19.0 Å². The summed E-state index contributed by atoms with van der Waals surface area (Å²) in [5, 5.41) is 16.0. The van der Waals surface area contributed by atoms with Gasteiger partial charge in [-0.25, -0.2) is 9.18 Å². The fourth-order valence-corrected chi connectivity index (χ4v) is 5.08. The Balaban J connectivity index is 1.45. The van der Waals surface area contributed by atoms with Gasteiger partial charge in [-0.05, 0) is 78.3 Å². The van der Waals surface area contributed by atoms with Crippen LogP contribution in [0.25, 0.3) is 22.3 Å². The molecule has 4 aromatic rings. The zero-order valence-electron chi connectivity index (χ0n) is 23.9. The van der Waals surface area contributed by atoms with Gasteiger partial charge in [-0.2, -0.15) is 0 Å². The van der Waals surface area contributed by atoms with Crippen molar-refractivity contribution in [1.29, 1.82) is 0 Å². The number of nitrogens with one attached hydrogen (secondary N) is 3. The number of aromatic nitrogens is 2. The lowest BCUT2D eigenvalue weighted by Crippen LogP contribution is -2.37. The summed E-state index contributed by atoms with van der Waals surface area (Å²) in [6.07, 6.45) is 2.60. The lowest BCUT2D eigenvalue weighted by molar-refractivity contribution is 0.102. The fourth-order valence-electron chi connectivity index (χ4n) is 5.08. The number of anilines is 1. The highest BCUT2D eigenvalue weighted by atomic mass is 19.1. The molecule has 5 rings (SSSR count). The van der Waals surface area contributed by atoms with Gasteiger partial charge in [0.25, 0.3) is 11.5 Å². The number of carbonyl (C=O) groups excluding carboxylic acids is 1. The number of ether oxygens (including phenoxy) is 1. The Morgan fingerprint density at radius 1 is 1.07 bits per heavy atom. The average Bonchev–Trinajstić information content (AvgIpc) is 3.70. The van der Waals surface area contributed by atoms with Crippen molar-refractivity contribution in [3.63, 3.8) is 0 Å². The summed E-state index contributed by atoms with van der Waals surface area (Å²) in [6.45, 7) is 4.46. The molecular formula is C32H33FN4O5. The zero-order chi connectivity index (χ0) is 30.2. The number of rotatable bonds is 9. The highest BCUT2D eigenvalue weighted by molar-refractivity contribution is 6.04. The van der Waals surface area contributed by atoms with E-state index < -0.39 is 28.6 Å². The third-order valence-electron chi connectivity index (χ3n) is 7.90. The molecule has 9 nitrogen and oxygen atoms in total. The Bertz CT molecular complexity index is 1810. The highest BCUT2D eigenvalue weighted by Gasteiger charge is 2.39. The van der Waals surface area contributed by atoms with Crippen LogP contribution in [0.1, 0.15) is 39.9 Å². The molecule has 1 aliphatic carbocycles. The molecule has 0 spiro atoms. The van der Waals surface area contributed by atoms with Crippen LogP contribution >= 0.6 is 0 Å². The van der Waals surface area contributed by atoms with Crippen LogP contribution in [0, 0.1) is 19.7 Å². The fraction of sp³-hybridized carbons (Fsp3) is 0.281. The number of halogens is 1. The number of carbonyl (C=O) groups is 1. The predicted octanol–water partition coefficient (Wildman–Crippen LogP) is 4.04. The molecule has 1 heterocycles. The molecule has 0 bridgehead atoms. The second kappa shape index (κ2) is 11.4. The molecular weight excluding hydrogens is 539 g/mol. The quantitative estimate of drug-likeness (QED) is 0.240. The van der Waals surface area contributed by atoms with Crippen LogP contribution in [0.15, 0.2) is 64.3 Å². The summed E-state index contributed by atoms with van der Waals surface area (Å²) in [4.78, 5) is 39.4. The largest absolute Gasteiger partial charge is 0.496 e. The Morgan fingerprint density at radius 3 is 2.43 bits per heavy atom. The minimum Gasteiger partial charge on any atom is -0.496 e. The van der Waals surface area contributed by atoms with Crippen LogP contribution < -0.4 is 26.6 Å². The van der Waals surface area contributed by atoms with Gasteiger partial charge in [0.05, 0.1) is 12.7 Å². The van der Waals surface area contributed by atoms with Crippen LogP contribution in [-0.4, -0.2) is 39.8 Å². The second-order valence-electron chi connectivity index (χ2n) is 10.7. The van der Waals surface area contributed by atoms with Gasteiger partial charge in [-0.3, -0.25) is 14.2 Å². The number of hydrogen-bond donors (Lipinski definition) is 4. The molecule has 1 aliphatic rings. The van der Waals surface area contributed by atoms with Gasteiger partial charge >= 0.3 is 5.69 Å². The van der Waals surface area contributed by atoms with Gasteiger partial charge in [0, 0.05) is 37.6 Å². The zero-order valence-corrected chi connectivity index (χ0v) is 23.9. The maximum Gasteiger partial charge on any atom is 0.328 e. The van der Waals surface area contributed by atoms with Crippen molar-refractivity contribution in [3.8, 4) is 28.0 Å². The van der Waals surface area contributed by atoms with Crippen molar-refractivity contribution < 1.29 is 19.0 Å². The van der Waals surface area contributed by atoms with Gasteiger partial charge in [0.1, 0.15) is 17.1 Å². The average molecular weight is 573 g/mol. The number of H-pyrrole nitrogens is 1. The van der Waals surface area contributed by atoms with E-state index in [-0.39, 0.29) is 12.1 Å². The summed E-state index contributed by atoms with van der Waals surface area (Å²) < 4.78 is 21.7. The summed E-state index contributed by atoms with van der Waals surface area (Å²) in [5.74, 6) is -0.626. The van der Waals surface area contributed by atoms with E-state index >= 15 is 4.39 Å². The Morgan fingerprint density at radius 2 is 1.74 bits per heavy atom. The van der Waals surface area contributed by atoms with E-state index in [0.717, 1.165) is 51.4 Å². The van der Waals surface area contributed by atoms with Crippen molar-refractivity contribution in [2.45, 2.75) is 38.8 Å². The number of aliphatic hydroxyl groups is 1. The number of benzene rings is 3. The summed E-state index contributed by atoms with van der Waals surface area (Å²) >= 11 is 0. The van der Waals surface area contributed by atoms with E-state index in [0.29, 0.717) is 29.1 Å². The number of hydrogen-bond acceptors (Lipinski definition) is 6. The Labute approximate surface area is 242 Å². The predicted molar refractivity (Wildman–Crippen MR) is 159 cm³/mol. The summed E-state index contributed by atoms with van der Waals surface area (Å²) in [5.41, 5.74) is 3.64.